The van der Waals surface area contributed by atoms with E-state index in [-0.39, 0.29) is 0 Å². The minimum Gasteiger partial charge on any atom is -0.455 e. The molecular weight excluding hydrogens is 240 g/mol. The molecule has 0 N–H and O–H groups in total. The fraction of sp³-hybridized carbons (Fsp3) is 0.375. The summed E-state index contributed by atoms with van der Waals surface area (Å²) in [6.07, 6.45) is 6.21. The van der Waals surface area contributed by atoms with Gasteiger partial charge in [-0.05, 0) is 30.7 Å². The monoisotopic (exact) mass is 260 g/mol. The van der Waals surface area contributed by atoms with Gasteiger partial charge in [-0.15, -0.1) is 0 Å². The molecule has 18 heavy (non-hydrogen) atoms. The average molecular weight is 260 g/mol. The normalized spacial score (nSPS) is 10.7. The Morgan fingerprint density at radius 2 is 1.78 bits per heavy atom. The van der Waals surface area contributed by atoms with E-state index in [2.05, 4.69) is 43.3 Å². The van der Waals surface area contributed by atoms with Gasteiger partial charge in [-0.25, -0.2) is 0 Å². The first-order valence-electron chi connectivity index (χ1n) is 6.70. The van der Waals surface area contributed by atoms with E-state index in [0.29, 0.717) is 0 Å². The summed E-state index contributed by atoms with van der Waals surface area (Å²) in [5.74, 6) is 1.12. The molecule has 1 aromatic carbocycles. The van der Waals surface area contributed by atoms with Crippen LogP contribution >= 0.6 is 11.8 Å². The number of aryl methyl sites for hydroxylation is 1. The molecule has 0 spiro atoms. The van der Waals surface area contributed by atoms with Crippen LogP contribution in [0.5, 0.6) is 0 Å². The van der Waals surface area contributed by atoms with Gasteiger partial charge >= 0.3 is 0 Å². The van der Waals surface area contributed by atoms with Crippen LogP contribution in [0.25, 0.3) is 0 Å². The number of benzene rings is 1. The molecule has 1 heterocycles. The highest BCUT2D eigenvalue weighted by Crippen LogP contribution is 2.29. The molecule has 0 aliphatic carbocycles. The van der Waals surface area contributed by atoms with E-state index in [0.717, 1.165) is 17.3 Å². The van der Waals surface area contributed by atoms with Crippen LogP contribution in [0.4, 0.5) is 0 Å². The van der Waals surface area contributed by atoms with E-state index in [1.807, 2.05) is 6.07 Å². The number of hydrogen-bond acceptors (Lipinski definition) is 2. The second-order valence-corrected chi connectivity index (χ2v) is 5.52. The van der Waals surface area contributed by atoms with Gasteiger partial charge in [0.25, 0.3) is 0 Å². The van der Waals surface area contributed by atoms with Crippen LogP contribution in [-0.2, 0) is 6.42 Å². The molecule has 0 saturated carbocycles. The van der Waals surface area contributed by atoms with Crippen molar-refractivity contribution in [2.75, 3.05) is 0 Å². The highest BCUT2D eigenvalue weighted by Gasteiger charge is 2.03. The van der Waals surface area contributed by atoms with Crippen LogP contribution in [0, 0.1) is 0 Å². The van der Waals surface area contributed by atoms with Crippen molar-refractivity contribution in [3.05, 3.63) is 48.2 Å². The van der Waals surface area contributed by atoms with Crippen LogP contribution in [0.2, 0.25) is 0 Å². The van der Waals surface area contributed by atoms with Gasteiger partial charge in [-0.1, -0.05) is 56.1 Å². The molecule has 0 unspecified atom stereocenters. The molecule has 0 aliphatic heterocycles. The first-order chi connectivity index (χ1) is 8.88. The maximum atomic E-state index is 5.83. The Hall–Kier alpha value is -1.15. The Balaban J connectivity index is 1.83. The van der Waals surface area contributed by atoms with Crippen LogP contribution < -0.4 is 0 Å². The summed E-state index contributed by atoms with van der Waals surface area (Å²) in [5, 5.41) is 0.992. The molecule has 1 aromatic heterocycles. The summed E-state index contributed by atoms with van der Waals surface area (Å²) in [7, 11) is 0. The third-order valence-electron chi connectivity index (χ3n) is 2.88. The lowest BCUT2D eigenvalue weighted by atomic mass is 10.1. The van der Waals surface area contributed by atoms with Crippen LogP contribution in [0.3, 0.4) is 0 Å². The lowest BCUT2D eigenvalue weighted by molar-refractivity contribution is 0.424. The predicted octanol–water partition coefficient (Wildman–Crippen LogP) is 5.55. The van der Waals surface area contributed by atoms with Crippen molar-refractivity contribution >= 4 is 11.8 Å². The molecular formula is C16H20OS. The zero-order valence-corrected chi connectivity index (χ0v) is 11.7. The second kappa shape index (κ2) is 7.32. The first-order valence-corrected chi connectivity index (χ1v) is 7.52. The van der Waals surface area contributed by atoms with Gasteiger partial charge in [0.2, 0.25) is 0 Å². The largest absolute Gasteiger partial charge is 0.455 e. The lowest BCUT2D eigenvalue weighted by Crippen LogP contribution is -1.82. The van der Waals surface area contributed by atoms with Crippen molar-refractivity contribution in [1.29, 1.82) is 0 Å². The summed E-state index contributed by atoms with van der Waals surface area (Å²) >= 11 is 1.69. The van der Waals surface area contributed by atoms with Gasteiger partial charge in [-0.3, -0.25) is 0 Å². The lowest BCUT2D eigenvalue weighted by Gasteiger charge is -1.98. The zero-order chi connectivity index (χ0) is 12.6. The van der Waals surface area contributed by atoms with Crippen molar-refractivity contribution in [3.63, 3.8) is 0 Å². The summed E-state index contributed by atoms with van der Waals surface area (Å²) in [4.78, 5) is 1.23. The number of rotatable bonds is 7. The topological polar surface area (TPSA) is 13.1 Å². The number of furan rings is 1. The summed E-state index contributed by atoms with van der Waals surface area (Å²) in [6.45, 7) is 2.24. The summed E-state index contributed by atoms with van der Waals surface area (Å²) in [6, 6.07) is 14.5. The molecule has 96 valence electrons. The molecule has 0 aliphatic rings. The van der Waals surface area contributed by atoms with E-state index in [1.165, 1.54) is 30.6 Å². The Bertz CT molecular complexity index is 447. The van der Waals surface area contributed by atoms with E-state index in [1.54, 1.807) is 11.8 Å². The van der Waals surface area contributed by atoms with Gasteiger partial charge in [0, 0.05) is 11.3 Å². The van der Waals surface area contributed by atoms with Crippen molar-refractivity contribution in [2.45, 2.75) is 49.0 Å². The first kappa shape index (κ1) is 13.3. The Kier molecular flexibility index (Phi) is 5.40. The van der Waals surface area contributed by atoms with Crippen molar-refractivity contribution in [1.82, 2.24) is 0 Å². The van der Waals surface area contributed by atoms with Crippen LogP contribution in [0.15, 0.2) is 56.9 Å². The van der Waals surface area contributed by atoms with Crippen LogP contribution in [0.1, 0.15) is 38.4 Å². The van der Waals surface area contributed by atoms with Gasteiger partial charge < -0.3 is 4.42 Å². The molecule has 0 radical (unpaired) electrons. The molecule has 2 heteroatoms. The van der Waals surface area contributed by atoms with Crippen molar-refractivity contribution < 1.29 is 4.42 Å². The predicted molar refractivity (Wildman–Crippen MR) is 77.1 cm³/mol. The van der Waals surface area contributed by atoms with Gasteiger partial charge in [0.1, 0.15) is 5.76 Å². The van der Waals surface area contributed by atoms with E-state index >= 15 is 0 Å². The molecule has 0 saturated heterocycles. The average Bonchev–Trinajstić information content (AvgIpc) is 2.84. The van der Waals surface area contributed by atoms with Gasteiger partial charge in [-0.2, -0.15) is 0 Å². The van der Waals surface area contributed by atoms with E-state index in [4.69, 9.17) is 4.42 Å². The minimum atomic E-state index is 0.992. The fourth-order valence-electron chi connectivity index (χ4n) is 1.88. The maximum absolute atomic E-state index is 5.83. The molecule has 2 rings (SSSR count). The maximum Gasteiger partial charge on any atom is 0.165 e. The van der Waals surface area contributed by atoms with E-state index < -0.39 is 0 Å². The quantitative estimate of drug-likeness (QED) is 0.605. The Labute approximate surface area is 114 Å². The number of unbranched alkanes of at least 4 members (excludes halogenated alkanes) is 3. The molecule has 0 atom stereocenters. The van der Waals surface area contributed by atoms with Crippen LogP contribution in [-0.4, -0.2) is 0 Å². The summed E-state index contributed by atoms with van der Waals surface area (Å²) in [5.41, 5.74) is 0. The minimum absolute atomic E-state index is 0.992. The SMILES string of the molecule is CCCCCCc1ccc(Sc2ccccc2)o1. The van der Waals surface area contributed by atoms with Crippen molar-refractivity contribution in [2.24, 2.45) is 0 Å². The Morgan fingerprint density at radius 1 is 0.944 bits per heavy atom. The zero-order valence-electron chi connectivity index (χ0n) is 10.9. The molecule has 0 fully saturated rings. The van der Waals surface area contributed by atoms with Gasteiger partial charge in [0.15, 0.2) is 5.09 Å². The number of hydrogen-bond donors (Lipinski definition) is 0. The highest BCUT2D eigenvalue weighted by molar-refractivity contribution is 7.99. The second-order valence-electron chi connectivity index (χ2n) is 4.45. The molecule has 0 bridgehead atoms. The third kappa shape index (κ3) is 4.26. The highest BCUT2D eigenvalue weighted by atomic mass is 32.2. The Morgan fingerprint density at radius 3 is 2.56 bits per heavy atom. The fourth-order valence-corrected chi connectivity index (χ4v) is 2.69. The molecule has 0 amide bonds. The smallest absolute Gasteiger partial charge is 0.165 e. The molecule has 1 nitrogen and oxygen atoms in total. The van der Waals surface area contributed by atoms with Crippen molar-refractivity contribution in [3.8, 4) is 0 Å². The van der Waals surface area contributed by atoms with E-state index in [9.17, 15) is 0 Å². The molecule has 2 aromatic rings. The van der Waals surface area contributed by atoms with Gasteiger partial charge in [0.05, 0.1) is 0 Å². The summed E-state index contributed by atoms with van der Waals surface area (Å²) < 4.78 is 5.83. The standard InChI is InChI=1S/C16H20OS/c1-2-3-4-6-9-14-12-13-16(17-14)18-15-10-7-5-8-11-15/h5,7-8,10-13H,2-4,6,9H2,1H3. The third-order valence-corrected chi connectivity index (χ3v) is 3.80.